The summed E-state index contributed by atoms with van der Waals surface area (Å²) in [4.78, 5) is 11.9. The van der Waals surface area contributed by atoms with Crippen LogP contribution < -0.4 is 16.4 Å². The first-order chi connectivity index (χ1) is 7.84. The number of carbonyl (C=O) groups is 1. The Balaban J connectivity index is 4.34. The lowest BCUT2D eigenvalue weighted by molar-refractivity contribution is -0.124. The van der Waals surface area contributed by atoms with E-state index in [2.05, 4.69) is 10.6 Å². The molecule has 0 aliphatic heterocycles. The molecule has 0 aromatic carbocycles. The Morgan fingerprint density at radius 3 is 2.35 bits per heavy atom. The molecule has 1 atom stereocenters. The Kier molecular flexibility index (Phi) is 7.21. The van der Waals surface area contributed by atoms with Crippen LogP contribution in [0.5, 0.6) is 0 Å². The molecule has 5 nitrogen and oxygen atoms in total. The van der Waals surface area contributed by atoms with Crippen LogP contribution in [-0.4, -0.2) is 23.8 Å². The van der Waals surface area contributed by atoms with Gasteiger partial charge in [-0.3, -0.25) is 10.2 Å². The van der Waals surface area contributed by atoms with Crippen molar-refractivity contribution in [3.05, 3.63) is 12.3 Å². The number of guanidine groups is 1. The van der Waals surface area contributed by atoms with Crippen molar-refractivity contribution in [3.8, 4) is 0 Å². The fourth-order valence-electron chi connectivity index (χ4n) is 1.42. The van der Waals surface area contributed by atoms with Gasteiger partial charge in [0.25, 0.3) is 0 Å². The van der Waals surface area contributed by atoms with E-state index in [0.717, 1.165) is 0 Å². The van der Waals surface area contributed by atoms with E-state index in [9.17, 15) is 4.79 Å². The zero-order valence-corrected chi connectivity index (χ0v) is 11.1. The van der Waals surface area contributed by atoms with Crippen LogP contribution in [0.3, 0.4) is 0 Å². The molecule has 17 heavy (non-hydrogen) atoms. The summed E-state index contributed by atoms with van der Waals surface area (Å²) < 4.78 is 0. The van der Waals surface area contributed by atoms with Gasteiger partial charge in [0, 0.05) is 12.0 Å². The summed E-state index contributed by atoms with van der Waals surface area (Å²) in [5.41, 5.74) is 5.14. The minimum absolute atomic E-state index is 0.0143. The van der Waals surface area contributed by atoms with Crippen LogP contribution in [0, 0.1) is 11.3 Å². The normalized spacial score (nSPS) is 13.3. The highest BCUT2D eigenvalue weighted by Gasteiger charge is 2.20. The van der Waals surface area contributed by atoms with Gasteiger partial charge in [-0.05, 0) is 12.6 Å². The molecular formula is C12H24N4O. The van der Waals surface area contributed by atoms with Gasteiger partial charge in [-0.25, -0.2) is 0 Å². The van der Waals surface area contributed by atoms with Crippen molar-refractivity contribution in [2.75, 3.05) is 0 Å². The summed E-state index contributed by atoms with van der Waals surface area (Å²) in [7, 11) is 0. The van der Waals surface area contributed by atoms with E-state index in [1.54, 1.807) is 6.20 Å². The van der Waals surface area contributed by atoms with Crippen LogP contribution >= 0.6 is 0 Å². The molecule has 0 rings (SSSR count). The van der Waals surface area contributed by atoms with Gasteiger partial charge in [0.05, 0.1) is 6.04 Å². The molecule has 0 fully saturated rings. The lowest BCUT2D eigenvalue weighted by atomic mass is 9.98. The third kappa shape index (κ3) is 7.52. The Morgan fingerprint density at radius 1 is 1.35 bits per heavy atom. The molecule has 0 saturated heterocycles. The standard InChI is InChI=1S/C12H24N4O/c1-8(2)11(17)10(16-9(3)4)6-5-7-15-12(13)14/h5,7-10,16H,6H2,1-4H3,(H4,13,14,15)/b7-5+/t10-/m0/s1. The van der Waals surface area contributed by atoms with Gasteiger partial charge in [-0.1, -0.05) is 33.8 Å². The maximum absolute atomic E-state index is 11.9. The molecule has 5 heteroatoms. The number of carbonyl (C=O) groups excluding carboxylic acids is 1. The smallest absolute Gasteiger partial charge is 0.189 e. The highest BCUT2D eigenvalue weighted by molar-refractivity contribution is 5.85. The molecule has 0 saturated carbocycles. The fourth-order valence-corrected chi connectivity index (χ4v) is 1.42. The van der Waals surface area contributed by atoms with E-state index in [1.807, 2.05) is 33.8 Å². The second kappa shape index (κ2) is 7.84. The molecule has 0 aliphatic carbocycles. The topological polar surface area (TPSA) is 91.0 Å². The molecular weight excluding hydrogens is 216 g/mol. The molecule has 98 valence electrons. The monoisotopic (exact) mass is 240 g/mol. The maximum Gasteiger partial charge on any atom is 0.189 e. The molecule has 0 aliphatic rings. The Labute approximate surface area is 103 Å². The summed E-state index contributed by atoms with van der Waals surface area (Å²) in [6.07, 6.45) is 3.99. The molecule has 0 unspecified atom stereocenters. The van der Waals surface area contributed by atoms with Crippen molar-refractivity contribution < 1.29 is 4.79 Å². The largest absolute Gasteiger partial charge is 0.370 e. The number of hydrogen-bond acceptors (Lipinski definition) is 3. The van der Waals surface area contributed by atoms with Gasteiger partial charge in [0.15, 0.2) is 11.7 Å². The first-order valence-corrected chi connectivity index (χ1v) is 5.90. The summed E-state index contributed by atoms with van der Waals surface area (Å²) >= 11 is 0. The summed E-state index contributed by atoms with van der Waals surface area (Å²) in [6.45, 7) is 7.82. The quantitative estimate of drug-likeness (QED) is 0.394. The van der Waals surface area contributed by atoms with Crippen LogP contribution in [0.15, 0.2) is 12.3 Å². The van der Waals surface area contributed by atoms with Crippen LogP contribution in [-0.2, 0) is 4.79 Å². The van der Waals surface area contributed by atoms with Gasteiger partial charge in [0.1, 0.15) is 0 Å². The Hall–Kier alpha value is -1.36. The van der Waals surface area contributed by atoms with Crippen molar-refractivity contribution in [2.45, 2.75) is 46.2 Å². The molecule has 0 bridgehead atoms. The predicted octanol–water partition coefficient (Wildman–Crippen LogP) is 0.965. The van der Waals surface area contributed by atoms with E-state index in [0.29, 0.717) is 6.42 Å². The fraction of sp³-hybridized carbons (Fsp3) is 0.667. The van der Waals surface area contributed by atoms with Gasteiger partial charge in [0.2, 0.25) is 0 Å². The Bertz CT molecular complexity index is 284. The predicted molar refractivity (Wildman–Crippen MR) is 70.7 cm³/mol. The molecule has 0 radical (unpaired) electrons. The minimum atomic E-state index is -0.181. The molecule has 0 aromatic rings. The lowest BCUT2D eigenvalue weighted by Gasteiger charge is -2.20. The molecule has 0 aromatic heterocycles. The van der Waals surface area contributed by atoms with Crippen LogP contribution in [0.1, 0.15) is 34.1 Å². The van der Waals surface area contributed by atoms with Crippen molar-refractivity contribution in [2.24, 2.45) is 11.7 Å². The second-order valence-electron chi connectivity index (χ2n) is 4.63. The maximum atomic E-state index is 11.9. The number of hydrogen-bond donors (Lipinski definition) is 4. The number of Topliss-reactive ketones (excluding diaryl/α,β-unsaturated/α-hetero) is 1. The first kappa shape index (κ1) is 15.6. The van der Waals surface area contributed by atoms with Gasteiger partial charge in [-0.2, -0.15) is 0 Å². The lowest BCUT2D eigenvalue weighted by Crippen LogP contribution is -2.42. The zero-order chi connectivity index (χ0) is 13.4. The van der Waals surface area contributed by atoms with E-state index in [-0.39, 0.29) is 29.7 Å². The summed E-state index contributed by atoms with van der Waals surface area (Å²) in [5.74, 6) is 0.108. The number of rotatable bonds is 7. The third-order valence-corrected chi connectivity index (χ3v) is 2.18. The van der Waals surface area contributed by atoms with Crippen molar-refractivity contribution >= 4 is 11.7 Å². The summed E-state index contributed by atoms with van der Waals surface area (Å²) in [6, 6.07) is 0.0804. The van der Waals surface area contributed by atoms with Gasteiger partial charge < -0.3 is 16.4 Å². The average molecular weight is 240 g/mol. The first-order valence-electron chi connectivity index (χ1n) is 5.90. The van der Waals surface area contributed by atoms with Gasteiger partial charge in [-0.15, -0.1) is 0 Å². The summed E-state index contributed by atoms with van der Waals surface area (Å²) in [5, 5.41) is 12.8. The highest BCUT2D eigenvalue weighted by Crippen LogP contribution is 2.05. The molecule has 0 heterocycles. The van der Waals surface area contributed by atoms with Crippen LogP contribution in [0.4, 0.5) is 0 Å². The van der Waals surface area contributed by atoms with Gasteiger partial charge >= 0.3 is 0 Å². The van der Waals surface area contributed by atoms with E-state index in [4.69, 9.17) is 11.1 Å². The SMILES string of the molecule is CC(C)N[C@@H](C/C=C/NC(=N)N)C(=O)C(C)C. The number of ketones is 1. The van der Waals surface area contributed by atoms with Crippen molar-refractivity contribution in [3.63, 3.8) is 0 Å². The molecule has 0 amide bonds. The Morgan fingerprint density at radius 2 is 1.94 bits per heavy atom. The van der Waals surface area contributed by atoms with Crippen LogP contribution in [0.25, 0.3) is 0 Å². The number of nitrogens with one attached hydrogen (secondary N) is 3. The van der Waals surface area contributed by atoms with Crippen molar-refractivity contribution in [1.82, 2.24) is 10.6 Å². The van der Waals surface area contributed by atoms with E-state index in [1.165, 1.54) is 0 Å². The highest BCUT2D eigenvalue weighted by atomic mass is 16.1. The van der Waals surface area contributed by atoms with E-state index >= 15 is 0 Å². The second-order valence-corrected chi connectivity index (χ2v) is 4.63. The minimum Gasteiger partial charge on any atom is -0.370 e. The van der Waals surface area contributed by atoms with Crippen molar-refractivity contribution in [1.29, 1.82) is 5.41 Å². The van der Waals surface area contributed by atoms with E-state index < -0.39 is 0 Å². The molecule has 0 spiro atoms. The van der Waals surface area contributed by atoms with Crippen LogP contribution in [0.2, 0.25) is 0 Å². The number of nitrogens with two attached hydrogens (primary N) is 1. The zero-order valence-electron chi connectivity index (χ0n) is 11.1. The molecule has 5 N–H and O–H groups in total. The third-order valence-electron chi connectivity index (χ3n) is 2.18. The average Bonchev–Trinajstić information content (AvgIpc) is 2.20.